The van der Waals surface area contributed by atoms with E-state index in [1.807, 2.05) is 25.7 Å². The number of carbonyl (C=O) groups is 1. The van der Waals surface area contributed by atoms with E-state index in [9.17, 15) is 4.79 Å². The molecule has 5 heteroatoms. The second-order valence-corrected chi connectivity index (χ2v) is 7.98. The van der Waals surface area contributed by atoms with Gasteiger partial charge in [0.1, 0.15) is 5.60 Å². The Morgan fingerprint density at radius 1 is 1.35 bits per heavy atom. The predicted octanol–water partition coefficient (Wildman–Crippen LogP) is 4.33. The number of hydrogen-bond acceptors (Lipinski definition) is 3. The monoisotopic (exact) mass is 382 g/mol. The van der Waals surface area contributed by atoms with Crippen molar-refractivity contribution in [3.8, 4) is 0 Å². The van der Waals surface area contributed by atoms with Crippen LogP contribution in [0.1, 0.15) is 45.6 Å². The lowest BCUT2D eigenvalue weighted by Crippen LogP contribution is -2.40. The lowest BCUT2D eigenvalue weighted by Gasteiger charge is -2.28. The fourth-order valence-corrected chi connectivity index (χ4v) is 3.06. The molecule has 1 aromatic carbocycles. The zero-order valence-electron chi connectivity index (χ0n) is 14.3. The van der Waals surface area contributed by atoms with Crippen molar-refractivity contribution in [1.82, 2.24) is 10.2 Å². The number of nitrogens with zero attached hydrogens (tertiary/aromatic N) is 1. The summed E-state index contributed by atoms with van der Waals surface area (Å²) in [6, 6.07) is 8.62. The van der Waals surface area contributed by atoms with Gasteiger partial charge in [-0.2, -0.15) is 0 Å². The third kappa shape index (κ3) is 6.15. The van der Waals surface area contributed by atoms with Crippen molar-refractivity contribution in [3.05, 3.63) is 34.3 Å². The first-order valence-electron chi connectivity index (χ1n) is 8.30. The first-order chi connectivity index (χ1) is 10.8. The quantitative estimate of drug-likeness (QED) is 0.770. The number of nitrogens with one attached hydrogen (secondary N) is 1. The van der Waals surface area contributed by atoms with Gasteiger partial charge in [0.25, 0.3) is 0 Å². The number of likely N-dealkylation sites (tertiary alicyclic amines) is 1. The highest BCUT2D eigenvalue weighted by molar-refractivity contribution is 9.10. The van der Waals surface area contributed by atoms with Gasteiger partial charge < -0.3 is 15.0 Å². The molecule has 1 atom stereocenters. The van der Waals surface area contributed by atoms with Crippen molar-refractivity contribution in [2.45, 2.75) is 58.2 Å². The summed E-state index contributed by atoms with van der Waals surface area (Å²) in [4.78, 5) is 14.1. The molecule has 1 saturated heterocycles. The summed E-state index contributed by atoms with van der Waals surface area (Å²) < 4.78 is 6.60. The third-order valence-electron chi connectivity index (χ3n) is 3.90. The van der Waals surface area contributed by atoms with Gasteiger partial charge in [-0.15, -0.1) is 0 Å². The van der Waals surface area contributed by atoms with Gasteiger partial charge in [0.2, 0.25) is 0 Å². The zero-order valence-corrected chi connectivity index (χ0v) is 15.9. The Balaban J connectivity index is 1.73. The average Bonchev–Trinajstić information content (AvgIpc) is 2.92. The second kappa shape index (κ2) is 8.15. The van der Waals surface area contributed by atoms with E-state index in [4.69, 9.17) is 4.74 Å². The largest absolute Gasteiger partial charge is 0.444 e. The van der Waals surface area contributed by atoms with Gasteiger partial charge in [-0.3, -0.25) is 0 Å². The van der Waals surface area contributed by atoms with Crippen molar-refractivity contribution in [2.24, 2.45) is 0 Å². The van der Waals surface area contributed by atoms with Crippen LogP contribution in [0.2, 0.25) is 0 Å². The van der Waals surface area contributed by atoms with Gasteiger partial charge in [-0.1, -0.05) is 28.1 Å². The van der Waals surface area contributed by atoms with Gasteiger partial charge in [-0.25, -0.2) is 4.79 Å². The van der Waals surface area contributed by atoms with Crippen LogP contribution >= 0.6 is 15.9 Å². The fourth-order valence-electron chi connectivity index (χ4n) is 2.80. The SMILES string of the molecule is CC(C)(C)OC(=O)N1CCCC1CCNCc1ccc(Br)cc1. The van der Waals surface area contributed by atoms with Crippen LogP contribution < -0.4 is 5.32 Å². The first-order valence-corrected chi connectivity index (χ1v) is 9.09. The van der Waals surface area contributed by atoms with Crippen molar-refractivity contribution >= 4 is 22.0 Å². The van der Waals surface area contributed by atoms with Crippen LogP contribution in [0.25, 0.3) is 0 Å². The minimum atomic E-state index is -0.427. The smallest absolute Gasteiger partial charge is 0.410 e. The Bertz CT molecular complexity index is 511. The number of amides is 1. The molecule has 1 aliphatic rings. The molecule has 0 bridgehead atoms. The number of benzene rings is 1. The summed E-state index contributed by atoms with van der Waals surface area (Å²) in [6.07, 6.45) is 2.93. The molecule has 0 aromatic heterocycles. The maximum absolute atomic E-state index is 12.2. The molecule has 1 unspecified atom stereocenters. The number of rotatable bonds is 5. The highest BCUT2D eigenvalue weighted by Gasteiger charge is 2.31. The van der Waals surface area contributed by atoms with E-state index < -0.39 is 5.60 Å². The topological polar surface area (TPSA) is 41.6 Å². The Hall–Kier alpha value is -1.07. The predicted molar refractivity (Wildman–Crippen MR) is 96.4 cm³/mol. The summed E-state index contributed by atoms with van der Waals surface area (Å²) in [5.74, 6) is 0. The van der Waals surface area contributed by atoms with Crippen LogP contribution in [0.5, 0.6) is 0 Å². The van der Waals surface area contributed by atoms with Crippen LogP contribution in [0, 0.1) is 0 Å². The van der Waals surface area contributed by atoms with E-state index in [2.05, 4.69) is 45.5 Å². The molecule has 2 rings (SSSR count). The molecule has 1 amide bonds. The van der Waals surface area contributed by atoms with Crippen molar-refractivity contribution in [1.29, 1.82) is 0 Å². The summed E-state index contributed by atoms with van der Waals surface area (Å²) in [5.41, 5.74) is 0.841. The van der Waals surface area contributed by atoms with Crippen LogP contribution in [0.3, 0.4) is 0 Å². The Kier molecular flexibility index (Phi) is 6.48. The molecule has 0 saturated carbocycles. The molecular weight excluding hydrogens is 356 g/mol. The normalized spacial score (nSPS) is 18.3. The summed E-state index contributed by atoms with van der Waals surface area (Å²) in [7, 11) is 0. The van der Waals surface area contributed by atoms with Crippen LogP contribution in [0.4, 0.5) is 4.79 Å². The van der Waals surface area contributed by atoms with Crippen LogP contribution in [-0.4, -0.2) is 35.7 Å². The second-order valence-electron chi connectivity index (χ2n) is 7.06. The number of hydrogen-bond donors (Lipinski definition) is 1. The molecule has 0 spiro atoms. The number of ether oxygens (including phenoxy) is 1. The van der Waals surface area contributed by atoms with E-state index in [1.165, 1.54) is 5.56 Å². The van der Waals surface area contributed by atoms with E-state index in [0.717, 1.165) is 43.4 Å². The number of halogens is 1. The third-order valence-corrected chi connectivity index (χ3v) is 4.43. The summed E-state index contributed by atoms with van der Waals surface area (Å²) in [6.45, 7) is 8.31. The van der Waals surface area contributed by atoms with E-state index in [0.29, 0.717) is 6.04 Å². The van der Waals surface area contributed by atoms with Crippen molar-refractivity contribution < 1.29 is 9.53 Å². The molecule has 4 nitrogen and oxygen atoms in total. The fraction of sp³-hybridized carbons (Fsp3) is 0.611. The molecule has 0 aliphatic carbocycles. The molecule has 1 fully saturated rings. The standard InChI is InChI=1S/C18H27BrN2O2/c1-18(2,3)23-17(22)21-12-4-5-16(21)10-11-20-13-14-6-8-15(19)9-7-14/h6-9,16,20H,4-5,10-13H2,1-3H3. The Morgan fingerprint density at radius 3 is 2.70 bits per heavy atom. The zero-order chi connectivity index (χ0) is 16.9. The Morgan fingerprint density at radius 2 is 2.04 bits per heavy atom. The van der Waals surface area contributed by atoms with E-state index >= 15 is 0 Å². The molecule has 1 heterocycles. The van der Waals surface area contributed by atoms with Gasteiger partial charge in [0.15, 0.2) is 0 Å². The molecule has 0 radical (unpaired) electrons. The number of carbonyl (C=O) groups excluding carboxylic acids is 1. The van der Waals surface area contributed by atoms with Crippen LogP contribution in [0.15, 0.2) is 28.7 Å². The molecule has 1 N–H and O–H groups in total. The first kappa shape index (κ1) is 18.3. The lowest BCUT2D eigenvalue weighted by atomic mass is 10.1. The molecule has 23 heavy (non-hydrogen) atoms. The molecule has 128 valence electrons. The van der Waals surface area contributed by atoms with Crippen LogP contribution in [-0.2, 0) is 11.3 Å². The summed E-state index contributed by atoms with van der Waals surface area (Å²) >= 11 is 3.44. The summed E-state index contributed by atoms with van der Waals surface area (Å²) in [5, 5.41) is 3.46. The minimum absolute atomic E-state index is 0.173. The average molecular weight is 383 g/mol. The van der Waals surface area contributed by atoms with Gasteiger partial charge >= 0.3 is 6.09 Å². The maximum atomic E-state index is 12.2. The van der Waals surface area contributed by atoms with Gasteiger partial charge in [0, 0.05) is 23.6 Å². The highest BCUT2D eigenvalue weighted by atomic mass is 79.9. The van der Waals surface area contributed by atoms with E-state index in [1.54, 1.807) is 0 Å². The lowest BCUT2D eigenvalue weighted by molar-refractivity contribution is 0.0220. The molecule has 1 aromatic rings. The minimum Gasteiger partial charge on any atom is -0.444 e. The van der Waals surface area contributed by atoms with Gasteiger partial charge in [-0.05, 0) is 64.3 Å². The van der Waals surface area contributed by atoms with E-state index in [-0.39, 0.29) is 6.09 Å². The molecule has 1 aliphatic heterocycles. The highest BCUT2D eigenvalue weighted by Crippen LogP contribution is 2.22. The van der Waals surface area contributed by atoms with Crippen molar-refractivity contribution in [3.63, 3.8) is 0 Å². The van der Waals surface area contributed by atoms with Gasteiger partial charge in [0.05, 0.1) is 0 Å². The molecular formula is C18H27BrN2O2. The van der Waals surface area contributed by atoms with Crippen molar-refractivity contribution in [2.75, 3.05) is 13.1 Å². The maximum Gasteiger partial charge on any atom is 0.410 e. The Labute approximate surface area is 147 Å².